The van der Waals surface area contributed by atoms with Gasteiger partial charge in [-0.05, 0) is 12.8 Å². The van der Waals surface area contributed by atoms with Crippen molar-refractivity contribution in [1.29, 1.82) is 0 Å². The molecular formula is C12H24O2Si. The zero-order valence-corrected chi connectivity index (χ0v) is 11.5. The highest BCUT2D eigenvalue weighted by Crippen LogP contribution is 2.08. The molecule has 0 saturated carbocycles. The third-order valence-corrected chi connectivity index (χ3v) is 3.21. The fourth-order valence-corrected chi connectivity index (χ4v) is 1.82. The Kier molecular flexibility index (Phi) is 8.19. The maximum absolute atomic E-state index is 5.60. The molecular weight excluding hydrogens is 204 g/mol. The Balaban J connectivity index is 3.75. The molecule has 0 unspecified atom stereocenters. The summed E-state index contributed by atoms with van der Waals surface area (Å²) in [6, 6.07) is 0. The van der Waals surface area contributed by atoms with Crippen LogP contribution in [0.5, 0.6) is 0 Å². The average Bonchev–Trinajstić information content (AvgIpc) is 2.20. The van der Waals surface area contributed by atoms with Crippen molar-refractivity contribution in [3.63, 3.8) is 0 Å². The van der Waals surface area contributed by atoms with Crippen molar-refractivity contribution in [3.8, 4) is 0 Å². The molecule has 0 aliphatic heterocycles. The van der Waals surface area contributed by atoms with Gasteiger partial charge in [0.25, 0.3) is 0 Å². The molecule has 0 aromatic heterocycles. The fraction of sp³-hybridized carbons (Fsp3) is 0.667. The summed E-state index contributed by atoms with van der Waals surface area (Å²) in [7, 11) is -1.98. The van der Waals surface area contributed by atoms with Crippen molar-refractivity contribution in [2.24, 2.45) is 0 Å². The first kappa shape index (κ1) is 14.3. The summed E-state index contributed by atoms with van der Waals surface area (Å²) >= 11 is 0. The van der Waals surface area contributed by atoms with E-state index in [2.05, 4.69) is 13.8 Å². The van der Waals surface area contributed by atoms with Crippen LogP contribution in [0.2, 0.25) is 13.1 Å². The van der Waals surface area contributed by atoms with E-state index in [-0.39, 0.29) is 0 Å². The van der Waals surface area contributed by atoms with Crippen LogP contribution in [0, 0.1) is 0 Å². The van der Waals surface area contributed by atoms with Crippen molar-refractivity contribution in [2.45, 2.75) is 52.6 Å². The Hall–Kier alpha value is -0.703. The number of hydrogen-bond acceptors (Lipinski definition) is 2. The Labute approximate surface area is 95.2 Å². The standard InChI is InChI=1S/C12H24O2Si/c1-5-7-9-11-13-15(3,4)14-12-10-8-6-2/h9-12H,5-8H2,1-4H3/b11-9+,12-10+. The molecule has 0 N–H and O–H groups in total. The highest BCUT2D eigenvalue weighted by atomic mass is 28.4. The van der Waals surface area contributed by atoms with E-state index in [1.165, 1.54) is 0 Å². The van der Waals surface area contributed by atoms with Crippen LogP contribution in [0.3, 0.4) is 0 Å². The summed E-state index contributed by atoms with van der Waals surface area (Å²) < 4.78 is 11.2. The highest BCUT2D eigenvalue weighted by molar-refractivity contribution is 6.64. The molecule has 0 aliphatic rings. The maximum atomic E-state index is 5.60. The summed E-state index contributed by atoms with van der Waals surface area (Å²) in [6.45, 7) is 8.38. The molecule has 0 heterocycles. The van der Waals surface area contributed by atoms with Gasteiger partial charge < -0.3 is 8.85 Å². The minimum Gasteiger partial charge on any atom is -0.519 e. The van der Waals surface area contributed by atoms with Gasteiger partial charge in [0, 0.05) is 13.1 Å². The van der Waals surface area contributed by atoms with Gasteiger partial charge in [-0.15, -0.1) is 0 Å². The molecule has 2 nitrogen and oxygen atoms in total. The molecule has 0 spiro atoms. The lowest BCUT2D eigenvalue weighted by Crippen LogP contribution is -2.30. The first-order valence-corrected chi connectivity index (χ1v) is 8.59. The summed E-state index contributed by atoms with van der Waals surface area (Å²) in [5.41, 5.74) is 0. The van der Waals surface area contributed by atoms with E-state index >= 15 is 0 Å². The average molecular weight is 228 g/mol. The quantitative estimate of drug-likeness (QED) is 0.454. The van der Waals surface area contributed by atoms with Gasteiger partial charge in [-0.2, -0.15) is 0 Å². The number of unbranched alkanes of at least 4 members (excludes halogenated alkanes) is 2. The number of hydrogen-bond donors (Lipinski definition) is 0. The van der Waals surface area contributed by atoms with E-state index < -0.39 is 8.56 Å². The van der Waals surface area contributed by atoms with E-state index in [0.29, 0.717) is 0 Å². The lowest BCUT2D eigenvalue weighted by Gasteiger charge is -2.19. The van der Waals surface area contributed by atoms with Gasteiger partial charge in [-0.25, -0.2) is 0 Å². The molecule has 0 radical (unpaired) electrons. The highest BCUT2D eigenvalue weighted by Gasteiger charge is 2.25. The molecule has 0 atom stereocenters. The van der Waals surface area contributed by atoms with Gasteiger partial charge >= 0.3 is 8.56 Å². The van der Waals surface area contributed by atoms with Crippen molar-refractivity contribution >= 4 is 8.56 Å². The molecule has 0 fully saturated rings. The van der Waals surface area contributed by atoms with Crippen LogP contribution in [-0.2, 0) is 8.85 Å². The van der Waals surface area contributed by atoms with Crippen LogP contribution in [0.25, 0.3) is 0 Å². The lowest BCUT2D eigenvalue weighted by molar-refractivity contribution is 0.318. The first-order valence-electron chi connectivity index (χ1n) is 5.78. The van der Waals surface area contributed by atoms with Gasteiger partial charge in [0.15, 0.2) is 0 Å². The molecule has 0 aromatic rings. The van der Waals surface area contributed by atoms with Gasteiger partial charge in [0.05, 0.1) is 12.5 Å². The topological polar surface area (TPSA) is 18.5 Å². The van der Waals surface area contributed by atoms with Crippen LogP contribution in [0.15, 0.2) is 24.7 Å². The van der Waals surface area contributed by atoms with E-state index in [1.807, 2.05) is 25.2 Å². The summed E-state index contributed by atoms with van der Waals surface area (Å²) in [6.07, 6.45) is 12.1. The van der Waals surface area contributed by atoms with E-state index in [9.17, 15) is 0 Å². The van der Waals surface area contributed by atoms with Crippen LogP contribution in [-0.4, -0.2) is 8.56 Å². The molecule has 0 aromatic carbocycles. The van der Waals surface area contributed by atoms with Crippen molar-refractivity contribution < 1.29 is 8.85 Å². The second-order valence-corrected chi connectivity index (χ2v) is 7.23. The SMILES string of the molecule is CCC/C=C/O[Si](C)(C)O/C=C/CCC. The molecule has 3 heteroatoms. The van der Waals surface area contributed by atoms with Gasteiger partial charge in [-0.3, -0.25) is 0 Å². The minimum absolute atomic E-state index is 1.07. The summed E-state index contributed by atoms with van der Waals surface area (Å²) in [5, 5.41) is 0. The van der Waals surface area contributed by atoms with Crippen LogP contribution in [0.4, 0.5) is 0 Å². The van der Waals surface area contributed by atoms with Gasteiger partial charge in [0.2, 0.25) is 0 Å². The van der Waals surface area contributed by atoms with E-state index in [0.717, 1.165) is 25.7 Å². The van der Waals surface area contributed by atoms with Crippen LogP contribution >= 0.6 is 0 Å². The molecule has 0 saturated heterocycles. The predicted molar refractivity (Wildman–Crippen MR) is 67.7 cm³/mol. The van der Waals surface area contributed by atoms with E-state index in [1.54, 1.807) is 12.5 Å². The van der Waals surface area contributed by atoms with Crippen LogP contribution < -0.4 is 0 Å². The number of allylic oxidation sites excluding steroid dienone is 2. The lowest BCUT2D eigenvalue weighted by atomic mass is 10.3. The second-order valence-electron chi connectivity index (χ2n) is 3.96. The zero-order valence-electron chi connectivity index (χ0n) is 10.5. The largest absolute Gasteiger partial charge is 0.519 e. The Morgan fingerprint density at radius 1 is 0.867 bits per heavy atom. The molecule has 0 amide bonds. The minimum atomic E-state index is -1.98. The summed E-state index contributed by atoms with van der Waals surface area (Å²) in [5.74, 6) is 0. The molecule has 0 aliphatic carbocycles. The molecule has 15 heavy (non-hydrogen) atoms. The molecule has 0 bridgehead atoms. The predicted octanol–water partition coefficient (Wildman–Crippen LogP) is 4.35. The normalized spacial score (nSPS) is 12.5. The Morgan fingerprint density at radius 3 is 1.60 bits per heavy atom. The smallest absolute Gasteiger partial charge is 0.453 e. The van der Waals surface area contributed by atoms with Crippen molar-refractivity contribution in [2.75, 3.05) is 0 Å². The van der Waals surface area contributed by atoms with Crippen LogP contribution in [0.1, 0.15) is 39.5 Å². The fourth-order valence-electron chi connectivity index (χ4n) is 0.921. The third-order valence-electron chi connectivity index (χ3n) is 1.81. The Morgan fingerprint density at radius 2 is 1.27 bits per heavy atom. The third kappa shape index (κ3) is 9.60. The first-order chi connectivity index (χ1) is 7.12. The number of rotatable bonds is 8. The molecule has 0 rings (SSSR count). The monoisotopic (exact) mass is 228 g/mol. The van der Waals surface area contributed by atoms with E-state index in [4.69, 9.17) is 8.85 Å². The van der Waals surface area contributed by atoms with Crippen molar-refractivity contribution in [3.05, 3.63) is 24.7 Å². The van der Waals surface area contributed by atoms with Crippen molar-refractivity contribution in [1.82, 2.24) is 0 Å². The van der Waals surface area contributed by atoms with Gasteiger partial charge in [0.1, 0.15) is 0 Å². The summed E-state index contributed by atoms with van der Waals surface area (Å²) in [4.78, 5) is 0. The zero-order chi connectivity index (χ0) is 11.6. The molecule has 88 valence electrons. The Bertz CT molecular complexity index is 178. The maximum Gasteiger partial charge on any atom is 0.453 e. The van der Waals surface area contributed by atoms with Gasteiger partial charge in [-0.1, -0.05) is 38.8 Å². The second kappa shape index (κ2) is 8.59.